The molecule has 0 aromatic heterocycles. The van der Waals surface area contributed by atoms with Gasteiger partial charge in [-0.15, -0.1) is 0 Å². The Balaban J connectivity index is 1.61. The number of aliphatic imine (C=N–C) groups is 1. The molecule has 164 valence electrons. The molecule has 1 N–H and O–H groups in total. The molecular formula is C29H26N2O2. The summed E-state index contributed by atoms with van der Waals surface area (Å²) in [7, 11) is 0. The summed E-state index contributed by atoms with van der Waals surface area (Å²) in [6, 6.07) is 29.4. The highest BCUT2D eigenvalue weighted by molar-refractivity contribution is 6.05. The Morgan fingerprint density at radius 3 is 2.24 bits per heavy atom. The quantitative estimate of drug-likeness (QED) is 0.550. The predicted octanol–water partition coefficient (Wildman–Crippen LogP) is 5.58. The maximum Gasteiger partial charge on any atom is 0.256 e. The zero-order valence-electron chi connectivity index (χ0n) is 18.3. The molecule has 0 spiro atoms. The number of amides is 1. The van der Waals surface area contributed by atoms with E-state index >= 15 is 0 Å². The summed E-state index contributed by atoms with van der Waals surface area (Å²) in [5, 5.41) is 3.12. The summed E-state index contributed by atoms with van der Waals surface area (Å²) in [6.45, 7) is 0. The summed E-state index contributed by atoms with van der Waals surface area (Å²) < 4.78 is 6.54. The summed E-state index contributed by atoms with van der Waals surface area (Å²) in [5.74, 6) is 0.393. The largest absolute Gasteiger partial charge is 0.470 e. The smallest absolute Gasteiger partial charge is 0.256 e. The van der Waals surface area contributed by atoms with Crippen molar-refractivity contribution in [3.05, 3.63) is 126 Å². The van der Waals surface area contributed by atoms with E-state index in [1.165, 1.54) is 0 Å². The Morgan fingerprint density at radius 2 is 1.58 bits per heavy atom. The van der Waals surface area contributed by atoms with Crippen molar-refractivity contribution in [3.8, 4) is 0 Å². The molecule has 1 amide bonds. The zero-order chi connectivity index (χ0) is 22.5. The lowest BCUT2D eigenvalue weighted by Gasteiger charge is -2.34. The first-order valence-corrected chi connectivity index (χ1v) is 11.3. The van der Waals surface area contributed by atoms with Crippen LogP contribution in [0.3, 0.4) is 0 Å². The van der Waals surface area contributed by atoms with Crippen LogP contribution < -0.4 is 5.32 Å². The molecule has 0 bridgehead atoms. The van der Waals surface area contributed by atoms with Crippen molar-refractivity contribution in [2.24, 2.45) is 10.9 Å². The van der Waals surface area contributed by atoms with Crippen molar-refractivity contribution in [1.82, 2.24) is 0 Å². The number of hydrogen-bond acceptors (Lipinski definition) is 3. The molecule has 0 saturated heterocycles. The number of allylic oxidation sites excluding steroid dienone is 3. The normalized spacial score (nSPS) is 23.6. The molecule has 1 unspecified atom stereocenters. The molecule has 4 heteroatoms. The highest BCUT2D eigenvalue weighted by atomic mass is 16.5. The highest BCUT2D eigenvalue weighted by Crippen LogP contribution is 2.39. The van der Waals surface area contributed by atoms with Crippen LogP contribution in [0, 0.1) is 5.92 Å². The van der Waals surface area contributed by atoms with Gasteiger partial charge in [0.05, 0.1) is 0 Å². The molecule has 0 radical (unpaired) electrons. The molecule has 1 aliphatic carbocycles. The molecule has 3 aromatic rings. The van der Waals surface area contributed by atoms with Gasteiger partial charge < -0.3 is 10.1 Å². The van der Waals surface area contributed by atoms with Crippen LogP contribution in [-0.4, -0.2) is 23.4 Å². The van der Waals surface area contributed by atoms with Gasteiger partial charge in [-0.2, -0.15) is 0 Å². The molecule has 0 fully saturated rings. The average molecular weight is 435 g/mol. The standard InChI is InChI=1S/C29H26N2O2/c32-28(30-25-19-11-4-12-20-25)29(21-22-13-5-1-6-14-22)26(23-15-7-2-8-16-23)33-27(31-29)24-17-9-3-10-18-24/h1-15,17-20,23,26H,16,21H2,(H,30,32)/t23?,26-,29-/m0/s1. The van der Waals surface area contributed by atoms with Crippen LogP contribution in [0.4, 0.5) is 5.69 Å². The molecule has 4 nitrogen and oxygen atoms in total. The average Bonchev–Trinajstić information content (AvgIpc) is 3.27. The maximum atomic E-state index is 14.0. The molecule has 2 aliphatic rings. The molecule has 1 heterocycles. The van der Waals surface area contributed by atoms with Crippen molar-refractivity contribution in [2.45, 2.75) is 24.5 Å². The minimum Gasteiger partial charge on any atom is -0.470 e. The minimum absolute atomic E-state index is 0.0326. The van der Waals surface area contributed by atoms with Crippen LogP contribution in [0.2, 0.25) is 0 Å². The van der Waals surface area contributed by atoms with E-state index in [1.807, 2.05) is 103 Å². The third kappa shape index (κ3) is 4.37. The van der Waals surface area contributed by atoms with Gasteiger partial charge in [0.2, 0.25) is 5.90 Å². The van der Waals surface area contributed by atoms with Gasteiger partial charge in [0.1, 0.15) is 6.10 Å². The molecule has 3 aromatic carbocycles. The minimum atomic E-state index is -1.11. The molecule has 0 saturated carbocycles. The van der Waals surface area contributed by atoms with E-state index in [9.17, 15) is 4.79 Å². The van der Waals surface area contributed by atoms with E-state index < -0.39 is 11.6 Å². The fourth-order valence-electron chi connectivity index (χ4n) is 4.54. The van der Waals surface area contributed by atoms with Crippen LogP contribution >= 0.6 is 0 Å². The second kappa shape index (κ2) is 9.29. The van der Waals surface area contributed by atoms with Crippen molar-refractivity contribution < 1.29 is 9.53 Å². The predicted molar refractivity (Wildman–Crippen MR) is 132 cm³/mol. The number of benzene rings is 3. The van der Waals surface area contributed by atoms with Gasteiger partial charge in [-0.25, -0.2) is 4.99 Å². The highest BCUT2D eigenvalue weighted by Gasteiger charge is 2.54. The van der Waals surface area contributed by atoms with Gasteiger partial charge in [-0.1, -0.05) is 91.0 Å². The van der Waals surface area contributed by atoms with E-state index in [0.717, 1.165) is 23.2 Å². The van der Waals surface area contributed by atoms with E-state index in [1.54, 1.807) is 0 Å². The fraction of sp³-hybridized carbons (Fsp3) is 0.172. The van der Waals surface area contributed by atoms with Crippen LogP contribution in [0.15, 0.2) is 120 Å². The first-order valence-electron chi connectivity index (χ1n) is 11.3. The number of nitrogens with zero attached hydrogens (tertiary/aromatic N) is 1. The third-order valence-corrected chi connectivity index (χ3v) is 6.18. The Morgan fingerprint density at radius 1 is 0.909 bits per heavy atom. The SMILES string of the molecule is O=C(Nc1ccccc1)[C@@]1(Cc2ccccc2)N=C(c2ccccc2)O[C@H]1C1C=CC=CC1. The Kier molecular flexibility index (Phi) is 5.90. The lowest BCUT2D eigenvalue weighted by atomic mass is 9.77. The second-order valence-corrected chi connectivity index (χ2v) is 8.44. The fourth-order valence-corrected chi connectivity index (χ4v) is 4.54. The van der Waals surface area contributed by atoms with Crippen LogP contribution in [0.5, 0.6) is 0 Å². The molecule has 3 atom stereocenters. The topological polar surface area (TPSA) is 50.7 Å². The monoisotopic (exact) mass is 434 g/mol. The summed E-state index contributed by atoms with van der Waals surface area (Å²) in [6.07, 6.45) is 9.13. The lowest BCUT2D eigenvalue weighted by molar-refractivity contribution is -0.124. The Hall–Kier alpha value is -3.92. The maximum absolute atomic E-state index is 14.0. The number of para-hydroxylation sites is 1. The summed E-state index contributed by atoms with van der Waals surface area (Å²) >= 11 is 0. The molecule has 33 heavy (non-hydrogen) atoms. The van der Waals surface area contributed by atoms with Crippen LogP contribution in [-0.2, 0) is 16.0 Å². The van der Waals surface area contributed by atoms with Gasteiger partial charge in [0.15, 0.2) is 5.54 Å². The Bertz CT molecular complexity index is 1190. The van der Waals surface area contributed by atoms with Crippen LogP contribution in [0.1, 0.15) is 17.5 Å². The van der Waals surface area contributed by atoms with E-state index in [0.29, 0.717) is 12.3 Å². The number of anilines is 1. The zero-order valence-corrected chi connectivity index (χ0v) is 18.3. The third-order valence-electron chi connectivity index (χ3n) is 6.18. The van der Waals surface area contributed by atoms with E-state index in [4.69, 9.17) is 9.73 Å². The first-order chi connectivity index (χ1) is 16.2. The lowest BCUT2D eigenvalue weighted by Crippen LogP contribution is -2.53. The second-order valence-electron chi connectivity index (χ2n) is 8.44. The molecular weight excluding hydrogens is 408 g/mol. The number of carbonyl (C=O) groups is 1. The molecule has 5 rings (SSSR count). The van der Waals surface area contributed by atoms with Gasteiger partial charge in [0.25, 0.3) is 5.91 Å². The summed E-state index contributed by atoms with van der Waals surface area (Å²) in [5.41, 5.74) is 1.56. The van der Waals surface area contributed by atoms with Gasteiger partial charge >= 0.3 is 0 Å². The Labute approximate surface area is 194 Å². The van der Waals surface area contributed by atoms with E-state index in [2.05, 4.69) is 17.5 Å². The van der Waals surface area contributed by atoms with Gasteiger partial charge in [-0.3, -0.25) is 4.79 Å². The number of rotatable bonds is 6. The van der Waals surface area contributed by atoms with Crippen molar-refractivity contribution in [1.29, 1.82) is 0 Å². The van der Waals surface area contributed by atoms with Crippen molar-refractivity contribution in [2.75, 3.05) is 5.32 Å². The number of nitrogens with one attached hydrogen (secondary N) is 1. The van der Waals surface area contributed by atoms with Crippen molar-refractivity contribution >= 4 is 17.5 Å². The van der Waals surface area contributed by atoms with Crippen molar-refractivity contribution in [3.63, 3.8) is 0 Å². The number of carbonyl (C=O) groups excluding carboxylic acids is 1. The molecule has 1 aliphatic heterocycles. The van der Waals surface area contributed by atoms with Crippen LogP contribution in [0.25, 0.3) is 0 Å². The van der Waals surface area contributed by atoms with Gasteiger partial charge in [-0.05, 0) is 36.2 Å². The summed E-state index contributed by atoms with van der Waals surface area (Å²) in [4.78, 5) is 19.1. The number of ether oxygens (including phenoxy) is 1. The first kappa shape index (κ1) is 21.0. The number of hydrogen-bond donors (Lipinski definition) is 1. The van der Waals surface area contributed by atoms with Gasteiger partial charge in [0, 0.05) is 23.6 Å². The van der Waals surface area contributed by atoms with E-state index in [-0.39, 0.29) is 11.8 Å².